The molecule has 16 heavy (non-hydrogen) atoms. The Bertz CT molecular complexity index is 356. The topological polar surface area (TPSA) is 64.8 Å². The van der Waals surface area contributed by atoms with Crippen LogP contribution >= 0.6 is 0 Å². The highest BCUT2D eigenvalue weighted by Gasteiger charge is 2.21. The number of benzene rings is 1. The summed E-state index contributed by atoms with van der Waals surface area (Å²) < 4.78 is 5.14. The van der Waals surface area contributed by atoms with Gasteiger partial charge in [-0.05, 0) is 12.1 Å². The molecule has 1 aromatic rings. The van der Waals surface area contributed by atoms with Gasteiger partial charge in [0.2, 0.25) is 0 Å². The number of hydrogen-bond acceptors (Lipinski definition) is 5. The van der Waals surface area contributed by atoms with Crippen LogP contribution in [-0.2, 0) is 9.57 Å². The van der Waals surface area contributed by atoms with Gasteiger partial charge in [0.25, 0.3) is 0 Å². The fourth-order valence-electron chi connectivity index (χ4n) is 1.48. The van der Waals surface area contributed by atoms with Crippen molar-refractivity contribution in [3.8, 4) is 0 Å². The number of carbonyl (C=O) groups is 1. The number of morpholine rings is 1. The Morgan fingerprint density at radius 2 is 2.19 bits per heavy atom. The summed E-state index contributed by atoms with van der Waals surface area (Å²) in [6.45, 7) is 1.42. The maximum absolute atomic E-state index is 11.7. The molecule has 1 saturated heterocycles. The Morgan fingerprint density at radius 1 is 1.44 bits per heavy atom. The second-order valence-corrected chi connectivity index (χ2v) is 3.54. The third-order valence-electron chi connectivity index (χ3n) is 2.28. The molecular weight excluding hydrogens is 208 g/mol. The number of nitrogens with two attached hydrogens (primary N) is 1. The van der Waals surface area contributed by atoms with Crippen molar-refractivity contribution in [3.05, 3.63) is 35.9 Å². The summed E-state index contributed by atoms with van der Waals surface area (Å²) in [7, 11) is 0. The molecule has 1 aliphatic heterocycles. The zero-order valence-corrected chi connectivity index (χ0v) is 8.83. The van der Waals surface area contributed by atoms with E-state index in [0.29, 0.717) is 25.3 Å². The molecule has 1 aromatic carbocycles. The average molecular weight is 222 g/mol. The van der Waals surface area contributed by atoms with Crippen LogP contribution in [0, 0.1) is 0 Å². The molecule has 5 heteroatoms. The predicted octanol–water partition coefficient (Wildman–Crippen LogP) is 0.375. The first-order valence-electron chi connectivity index (χ1n) is 5.15. The van der Waals surface area contributed by atoms with Crippen molar-refractivity contribution in [3.63, 3.8) is 0 Å². The zero-order chi connectivity index (χ0) is 11.4. The van der Waals surface area contributed by atoms with Crippen molar-refractivity contribution in [2.45, 2.75) is 6.23 Å². The number of carbonyl (C=O) groups excluding carboxylic acids is 1. The van der Waals surface area contributed by atoms with E-state index in [9.17, 15) is 4.79 Å². The summed E-state index contributed by atoms with van der Waals surface area (Å²) in [5, 5.41) is 1.53. The molecule has 0 aliphatic carbocycles. The highest BCUT2D eigenvalue weighted by molar-refractivity contribution is 5.89. The van der Waals surface area contributed by atoms with Gasteiger partial charge in [0, 0.05) is 0 Å². The van der Waals surface area contributed by atoms with Gasteiger partial charge in [0.15, 0.2) is 0 Å². The SMILES string of the molecule is NC1CN(OC(=O)c2ccccc2)CCO1. The van der Waals surface area contributed by atoms with Gasteiger partial charge in [0.05, 0.1) is 25.3 Å². The smallest absolute Gasteiger partial charge is 0.357 e. The molecular formula is C11H14N2O3. The molecule has 5 nitrogen and oxygen atoms in total. The standard InChI is InChI=1S/C11H14N2O3/c12-10-8-13(6-7-15-10)16-11(14)9-4-2-1-3-5-9/h1-5,10H,6-8,12H2. The molecule has 1 heterocycles. The number of rotatable bonds is 2. The largest absolute Gasteiger partial charge is 0.364 e. The third kappa shape index (κ3) is 2.79. The molecule has 2 N–H and O–H groups in total. The summed E-state index contributed by atoms with van der Waals surface area (Å²) in [6.07, 6.45) is -0.391. The summed E-state index contributed by atoms with van der Waals surface area (Å²) in [5.41, 5.74) is 6.11. The Labute approximate surface area is 93.7 Å². The molecule has 2 rings (SSSR count). The Hall–Kier alpha value is -1.43. The number of nitrogens with zero attached hydrogens (tertiary/aromatic N) is 1. The van der Waals surface area contributed by atoms with Gasteiger partial charge in [-0.2, -0.15) is 0 Å². The Morgan fingerprint density at radius 3 is 2.88 bits per heavy atom. The van der Waals surface area contributed by atoms with Gasteiger partial charge in [0.1, 0.15) is 6.23 Å². The molecule has 0 spiro atoms. The van der Waals surface area contributed by atoms with Crippen LogP contribution in [0.4, 0.5) is 0 Å². The molecule has 0 amide bonds. The minimum Gasteiger partial charge on any atom is -0.364 e. The van der Waals surface area contributed by atoms with E-state index in [1.165, 1.54) is 5.06 Å². The van der Waals surface area contributed by atoms with E-state index in [4.69, 9.17) is 15.3 Å². The molecule has 1 unspecified atom stereocenters. The first kappa shape index (κ1) is 11.1. The van der Waals surface area contributed by atoms with E-state index in [0.717, 1.165) is 0 Å². The third-order valence-corrected chi connectivity index (χ3v) is 2.28. The van der Waals surface area contributed by atoms with Crippen molar-refractivity contribution < 1.29 is 14.4 Å². The molecule has 0 saturated carbocycles. The van der Waals surface area contributed by atoms with Crippen LogP contribution in [0.3, 0.4) is 0 Å². The predicted molar refractivity (Wildman–Crippen MR) is 57.4 cm³/mol. The van der Waals surface area contributed by atoms with Crippen molar-refractivity contribution in [2.75, 3.05) is 19.7 Å². The molecule has 0 bridgehead atoms. The molecule has 1 aliphatic rings. The van der Waals surface area contributed by atoms with Crippen molar-refractivity contribution >= 4 is 5.97 Å². The lowest BCUT2D eigenvalue weighted by Crippen LogP contribution is -2.47. The Kier molecular flexibility index (Phi) is 3.51. The van der Waals surface area contributed by atoms with Crippen molar-refractivity contribution in [1.82, 2.24) is 5.06 Å². The lowest BCUT2D eigenvalue weighted by molar-refractivity contribution is -0.171. The van der Waals surface area contributed by atoms with Crippen LogP contribution in [0.15, 0.2) is 30.3 Å². The van der Waals surface area contributed by atoms with E-state index >= 15 is 0 Å². The monoisotopic (exact) mass is 222 g/mol. The highest BCUT2D eigenvalue weighted by Crippen LogP contribution is 2.06. The van der Waals surface area contributed by atoms with Crippen LogP contribution in [0.2, 0.25) is 0 Å². The number of hydrogen-bond donors (Lipinski definition) is 1. The molecule has 86 valence electrons. The van der Waals surface area contributed by atoms with Crippen LogP contribution in [0.5, 0.6) is 0 Å². The lowest BCUT2D eigenvalue weighted by atomic mass is 10.2. The molecule has 0 aromatic heterocycles. The van der Waals surface area contributed by atoms with Crippen molar-refractivity contribution in [1.29, 1.82) is 0 Å². The highest BCUT2D eigenvalue weighted by atomic mass is 16.7. The maximum Gasteiger partial charge on any atom is 0.357 e. The summed E-state index contributed by atoms with van der Waals surface area (Å²) in [4.78, 5) is 16.9. The fourth-order valence-corrected chi connectivity index (χ4v) is 1.48. The van der Waals surface area contributed by atoms with Crippen LogP contribution in [0.25, 0.3) is 0 Å². The van der Waals surface area contributed by atoms with E-state index in [2.05, 4.69) is 0 Å². The minimum atomic E-state index is -0.391. The number of hydroxylamine groups is 2. The van der Waals surface area contributed by atoms with E-state index in [1.54, 1.807) is 24.3 Å². The lowest BCUT2D eigenvalue weighted by Gasteiger charge is -2.29. The van der Waals surface area contributed by atoms with Crippen molar-refractivity contribution in [2.24, 2.45) is 5.73 Å². The van der Waals surface area contributed by atoms with Gasteiger partial charge in [-0.25, -0.2) is 4.79 Å². The van der Waals surface area contributed by atoms with Crippen LogP contribution in [-0.4, -0.2) is 37.0 Å². The molecule has 1 fully saturated rings. The van der Waals surface area contributed by atoms with Gasteiger partial charge in [-0.3, -0.25) is 0 Å². The molecule has 0 radical (unpaired) electrons. The van der Waals surface area contributed by atoms with E-state index < -0.39 is 6.23 Å². The minimum absolute atomic E-state index is 0.366. The second kappa shape index (κ2) is 5.07. The van der Waals surface area contributed by atoms with Crippen LogP contribution in [0.1, 0.15) is 10.4 Å². The summed E-state index contributed by atoms with van der Waals surface area (Å²) >= 11 is 0. The normalized spacial score (nSPS) is 21.7. The first-order valence-corrected chi connectivity index (χ1v) is 5.15. The number of ether oxygens (including phenoxy) is 1. The average Bonchev–Trinajstić information content (AvgIpc) is 2.30. The van der Waals surface area contributed by atoms with E-state index in [-0.39, 0.29) is 5.97 Å². The van der Waals surface area contributed by atoms with Gasteiger partial charge < -0.3 is 15.3 Å². The van der Waals surface area contributed by atoms with E-state index in [1.807, 2.05) is 6.07 Å². The van der Waals surface area contributed by atoms with Gasteiger partial charge in [-0.15, -0.1) is 5.06 Å². The summed E-state index contributed by atoms with van der Waals surface area (Å²) in [6, 6.07) is 8.86. The van der Waals surface area contributed by atoms with Gasteiger partial charge >= 0.3 is 5.97 Å². The Balaban J connectivity index is 1.92. The van der Waals surface area contributed by atoms with Crippen LogP contribution < -0.4 is 5.73 Å². The second-order valence-electron chi connectivity index (χ2n) is 3.54. The molecule has 1 atom stereocenters. The fraction of sp³-hybridized carbons (Fsp3) is 0.364. The van der Waals surface area contributed by atoms with Gasteiger partial charge in [-0.1, -0.05) is 18.2 Å². The first-order chi connectivity index (χ1) is 7.75. The zero-order valence-electron chi connectivity index (χ0n) is 8.83. The summed E-state index contributed by atoms with van der Waals surface area (Å²) in [5.74, 6) is -0.366. The quantitative estimate of drug-likeness (QED) is 0.783. The maximum atomic E-state index is 11.7.